The van der Waals surface area contributed by atoms with Crippen LogP contribution in [0.4, 0.5) is 11.4 Å². The van der Waals surface area contributed by atoms with Crippen molar-refractivity contribution >= 4 is 29.1 Å². The summed E-state index contributed by atoms with van der Waals surface area (Å²) in [6.45, 7) is 2.38. The Balaban J connectivity index is 1.37. The number of carbonyl (C=O) groups excluding carboxylic acids is 3. The predicted molar refractivity (Wildman–Crippen MR) is 120 cm³/mol. The van der Waals surface area contributed by atoms with Crippen LogP contribution in [0.2, 0.25) is 0 Å². The Morgan fingerprint density at radius 1 is 1.03 bits per heavy atom. The fraction of sp³-hybridized carbons (Fsp3) is 0.261. The monoisotopic (exact) mass is 432 g/mol. The van der Waals surface area contributed by atoms with Crippen molar-refractivity contribution in [1.29, 1.82) is 0 Å². The number of carbonyl (C=O) groups is 3. The van der Waals surface area contributed by atoms with Gasteiger partial charge in [-0.3, -0.25) is 24.5 Å². The molecule has 1 saturated heterocycles. The number of piperidine rings is 1. The zero-order valence-corrected chi connectivity index (χ0v) is 17.7. The van der Waals surface area contributed by atoms with Crippen LogP contribution < -0.4 is 10.6 Å². The Hall–Kier alpha value is -4.01. The molecule has 3 aromatic rings. The van der Waals surface area contributed by atoms with Gasteiger partial charge >= 0.3 is 0 Å². The first-order valence-corrected chi connectivity index (χ1v) is 10.4. The highest BCUT2D eigenvalue weighted by atomic mass is 16.2. The van der Waals surface area contributed by atoms with Crippen LogP contribution in [0.3, 0.4) is 0 Å². The van der Waals surface area contributed by atoms with Gasteiger partial charge in [-0.05, 0) is 55.3 Å². The third-order valence-corrected chi connectivity index (χ3v) is 5.34. The number of aromatic nitrogens is 3. The lowest BCUT2D eigenvalue weighted by atomic mass is 9.96. The van der Waals surface area contributed by atoms with Gasteiger partial charge in [-0.1, -0.05) is 0 Å². The number of hydrogen-bond donors (Lipinski definition) is 3. The van der Waals surface area contributed by atoms with E-state index in [9.17, 15) is 14.4 Å². The number of nitrogens with zero attached hydrogens (tertiary/aromatic N) is 3. The maximum atomic E-state index is 13.0. The molecule has 0 bridgehead atoms. The number of amides is 3. The van der Waals surface area contributed by atoms with Crippen LogP contribution in [0.5, 0.6) is 0 Å². The molecule has 4 rings (SSSR count). The first-order chi connectivity index (χ1) is 15.5. The topological polar surface area (TPSA) is 120 Å². The molecule has 9 nitrogen and oxygen atoms in total. The smallest absolute Gasteiger partial charge is 0.271 e. The van der Waals surface area contributed by atoms with Crippen molar-refractivity contribution in [2.45, 2.75) is 19.8 Å². The highest BCUT2D eigenvalue weighted by molar-refractivity contribution is 5.96. The minimum atomic E-state index is -0.301. The maximum Gasteiger partial charge on any atom is 0.271 e. The van der Waals surface area contributed by atoms with Gasteiger partial charge in [0.15, 0.2) is 0 Å². The van der Waals surface area contributed by atoms with Crippen LogP contribution in [0.1, 0.15) is 30.3 Å². The van der Waals surface area contributed by atoms with Crippen molar-refractivity contribution < 1.29 is 14.4 Å². The second kappa shape index (κ2) is 9.42. The van der Waals surface area contributed by atoms with Crippen molar-refractivity contribution in [3.05, 3.63) is 60.6 Å². The van der Waals surface area contributed by atoms with Gasteiger partial charge in [0.05, 0.1) is 11.6 Å². The van der Waals surface area contributed by atoms with Gasteiger partial charge in [0.2, 0.25) is 11.8 Å². The van der Waals surface area contributed by atoms with Crippen LogP contribution in [0, 0.1) is 5.92 Å². The van der Waals surface area contributed by atoms with Crippen molar-refractivity contribution in [3.63, 3.8) is 0 Å². The summed E-state index contributed by atoms with van der Waals surface area (Å²) >= 11 is 0. The molecule has 0 aliphatic carbocycles. The van der Waals surface area contributed by atoms with E-state index in [-0.39, 0.29) is 23.6 Å². The lowest BCUT2D eigenvalue weighted by molar-refractivity contribution is -0.121. The van der Waals surface area contributed by atoms with Crippen molar-refractivity contribution in [2.75, 3.05) is 23.7 Å². The van der Waals surface area contributed by atoms with E-state index in [2.05, 4.69) is 25.8 Å². The van der Waals surface area contributed by atoms with Gasteiger partial charge in [0.25, 0.3) is 5.91 Å². The standard InChI is InChI=1S/C23H24N6O3/c1-15(30)25-18-4-6-19(7-5-18)26-22(31)17-3-2-12-29(14-17)23(32)21-13-20(27-28-21)16-8-10-24-11-9-16/h4-11,13,17H,2-3,12,14H2,1H3,(H,25,30)(H,26,31)(H,27,28)/t17-/m0/s1. The van der Waals surface area contributed by atoms with E-state index in [1.54, 1.807) is 47.6 Å². The molecule has 164 valence electrons. The second-order valence-electron chi connectivity index (χ2n) is 7.74. The number of anilines is 2. The lowest BCUT2D eigenvalue weighted by Gasteiger charge is -2.31. The first kappa shape index (κ1) is 21.2. The molecule has 1 aromatic carbocycles. The van der Waals surface area contributed by atoms with Crippen LogP contribution >= 0.6 is 0 Å². The van der Waals surface area contributed by atoms with E-state index >= 15 is 0 Å². The third kappa shape index (κ3) is 5.00. The molecule has 0 radical (unpaired) electrons. The second-order valence-corrected chi connectivity index (χ2v) is 7.74. The van der Waals surface area contributed by atoms with Crippen LogP contribution in [-0.4, -0.2) is 50.9 Å². The van der Waals surface area contributed by atoms with Crippen LogP contribution in [0.25, 0.3) is 11.3 Å². The largest absolute Gasteiger partial charge is 0.337 e. The normalized spacial score (nSPS) is 15.8. The van der Waals surface area contributed by atoms with E-state index in [1.807, 2.05) is 12.1 Å². The average Bonchev–Trinajstić information content (AvgIpc) is 3.30. The number of pyridine rings is 1. The molecule has 1 aliphatic heterocycles. The average molecular weight is 432 g/mol. The van der Waals surface area contributed by atoms with Crippen LogP contribution in [0.15, 0.2) is 54.9 Å². The molecule has 0 saturated carbocycles. The molecular formula is C23H24N6O3. The summed E-state index contributed by atoms with van der Waals surface area (Å²) in [7, 11) is 0. The van der Waals surface area contributed by atoms with E-state index in [1.165, 1.54) is 6.92 Å². The molecule has 0 spiro atoms. The van der Waals surface area contributed by atoms with E-state index in [0.29, 0.717) is 42.3 Å². The van der Waals surface area contributed by atoms with E-state index in [0.717, 1.165) is 12.0 Å². The van der Waals surface area contributed by atoms with E-state index < -0.39 is 0 Å². The van der Waals surface area contributed by atoms with Gasteiger partial charge in [0, 0.05) is 49.3 Å². The summed E-state index contributed by atoms with van der Waals surface area (Å²) in [6, 6.07) is 12.3. The molecule has 3 heterocycles. The summed E-state index contributed by atoms with van der Waals surface area (Å²) in [6.07, 6.45) is 4.81. The van der Waals surface area contributed by atoms with Gasteiger partial charge in [-0.2, -0.15) is 5.10 Å². The molecule has 3 N–H and O–H groups in total. The minimum Gasteiger partial charge on any atom is -0.337 e. The summed E-state index contributed by atoms with van der Waals surface area (Å²) in [5.74, 6) is -0.754. The number of nitrogens with one attached hydrogen (secondary N) is 3. The third-order valence-electron chi connectivity index (χ3n) is 5.34. The van der Waals surface area contributed by atoms with Gasteiger partial charge < -0.3 is 15.5 Å². The maximum absolute atomic E-state index is 13.0. The Labute approximate surface area is 185 Å². The molecule has 9 heteroatoms. The molecule has 3 amide bonds. The Morgan fingerprint density at radius 2 is 1.72 bits per heavy atom. The summed E-state index contributed by atoms with van der Waals surface area (Å²) in [5, 5.41) is 12.6. The number of hydrogen-bond acceptors (Lipinski definition) is 5. The Kier molecular flexibility index (Phi) is 6.25. The SMILES string of the molecule is CC(=O)Nc1ccc(NC(=O)[C@H]2CCCN(C(=O)c3cc(-c4ccncc4)n[nH]3)C2)cc1. The number of rotatable bonds is 5. The molecule has 32 heavy (non-hydrogen) atoms. The van der Waals surface area contributed by atoms with Gasteiger partial charge in [0.1, 0.15) is 5.69 Å². The zero-order chi connectivity index (χ0) is 22.5. The zero-order valence-electron chi connectivity index (χ0n) is 17.7. The Morgan fingerprint density at radius 3 is 2.41 bits per heavy atom. The van der Waals surface area contributed by atoms with Crippen molar-refractivity contribution in [1.82, 2.24) is 20.1 Å². The first-order valence-electron chi connectivity index (χ1n) is 10.4. The molecule has 0 unspecified atom stereocenters. The van der Waals surface area contributed by atoms with Gasteiger partial charge in [-0.25, -0.2) is 0 Å². The number of benzene rings is 1. The lowest BCUT2D eigenvalue weighted by Crippen LogP contribution is -2.43. The van der Waals surface area contributed by atoms with Crippen molar-refractivity contribution in [2.24, 2.45) is 5.92 Å². The number of H-pyrrole nitrogens is 1. The Bertz CT molecular complexity index is 1110. The van der Waals surface area contributed by atoms with Gasteiger partial charge in [-0.15, -0.1) is 0 Å². The minimum absolute atomic E-state index is 0.128. The fourth-order valence-corrected chi connectivity index (χ4v) is 3.73. The predicted octanol–water partition coefficient (Wildman–Crippen LogP) is 2.92. The molecule has 1 aliphatic rings. The molecule has 1 fully saturated rings. The number of aromatic amines is 1. The summed E-state index contributed by atoms with van der Waals surface area (Å²) in [4.78, 5) is 42.6. The highest BCUT2D eigenvalue weighted by Crippen LogP contribution is 2.22. The molecular weight excluding hydrogens is 408 g/mol. The molecule has 2 aromatic heterocycles. The highest BCUT2D eigenvalue weighted by Gasteiger charge is 2.29. The fourth-order valence-electron chi connectivity index (χ4n) is 3.73. The summed E-state index contributed by atoms with van der Waals surface area (Å²) < 4.78 is 0. The quantitative estimate of drug-likeness (QED) is 0.573. The van der Waals surface area contributed by atoms with Crippen LogP contribution in [-0.2, 0) is 9.59 Å². The van der Waals surface area contributed by atoms with E-state index in [4.69, 9.17) is 0 Å². The summed E-state index contributed by atoms with van der Waals surface area (Å²) in [5.41, 5.74) is 3.24. The molecule has 1 atom stereocenters. The van der Waals surface area contributed by atoms with Crippen molar-refractivity contribution in [3.8, 4) is 11.3 Å². The number of likely N-dealkylation sites (tertiary alicyclic amines) is 1.